The standard InChI is InChI=1S/C30H41N3O3/c1-5-6-7-8-9-10-11-29(34)31-22-14-12-21(13-15-22)30-24-19-28(36-4)27(35-3)18-23(24)25-20-33(2)17-16-26(25)32-30/h12-15,18-19,25-26H,5-11,16-17,20H2,1-4H3,(H,31,34). The van der Waals surface area contributed by atoms with E-state index in [1.54, 1.807) is 14.2 Å². The molecule has 2 atom stereocenters. The maximum Gasteiger partial charge on any atom is 0.224 e. The van der Waals surface area contributed by atoms with Gasteiger partial charge in [0.1, 0.15) is 0 Å². The van der Waals surface area contributed by atoms with Gasteiger partial charge in [0.25, 0.3) is 0 Å². The number of aliphatic imine (C=N–C) groups is 1. The number of unbranched alkanes of at least 4 members (excludes halogenated alkanes) is 5. The number of ether oxygens (including phenoxy) is 2. The van der Waals surface area contributed by atoms with Crippen LogP contribution in [0.15, 0.2) is 41.4 Å². The van der Waals surface area contributed by atoms with E-state index in [0.29, 0.717) is 18.1 Å². The van der Waals surface area contributed by atoms with Crippen molar-refractivity contribution in [3.8, 4) is 11.5 Å². The van der Waals surface area contributed by atoms with Crippen LogP contribution in [0, 0.1) is 0 Å². The molecule has 0 aromatic heterocycles. The minimum atomic E-state index is 0.0876. The third-order valence-electron chi connectivity index (χ3n) is 7.48. The van der Waals surface area contributed by atoms with Gasteiger partial charge in [0, 0.05) is 35.7 Å². The van der Waals surface area contributed by atoms with Crippen LogP contribution in [0.1, 0.15) is 80.9 Å². The van der Waals surface area contributed by atoms with Gasteiger partial charge in [0.05, 0.1) is 26.0 Å². The number of piperidine rings is 1. The highest BCUT2D eigenvalue weighted by molar-refractivity contribution is 6.15. The van der Waals surface area contributed by atoms with Crippen LogP contribution in [0.3, 0.4) is 0 Å². The topological polar surface area (TPSA) is 63.2 Å². The first-order valence-corrected chi connectivity index (χ1v) is 13.5. The summed E-state index contributed by atoms with van der Waals surface area (Å²) in [5, 5.41) is 3.06. The third-order valence-corrected chi connectivity index (χ3v) is 7.48. The molecular formula is C30H41N3O3. The first-order valence-electron chi connectivity index (χ1n) is 13.5. The maximum absolute atomic E-state index is 12.4. The van der Waals surface area contributed by atoms with E-state index in [0.717, 1.165) is 60.6 Å². The van der Waals surface area contributed by atoms with Crippen molar-refractivity contribution in [2.75, 3.05) is 39.7 Å². The van der Waals surface area contributed by atoms with Gasteiger partial charge in [-0.25, -0.2) is 0 Å². The lowest BCUT2D eigenvalue weighted by atomic mass is 9.79. The Bertz CT molecular complexity index is 1060. The lowest BCUT2D eigenvalue weighted by molar-refractivity contribution is -0.116. The van der Waals surface area contributed by atoms with Crippen molar-refractivity contribution in [1.82, 2.24) is 4.90 Å². The van der Waals surface area contributed by atoms with E-state index < -0.39 is 0 Å². The second-order valence-electron chi connectivity index (χ2n) is 10.1. The van der Waals surface area contributed by atoms with Crippen molar-refractivity contribution < 1.29 is 14.3 Å². The number of nitrogens with zero attached hydrogens (tertiary/aromatic N) is 2. The number of rotatable bonds is 11. The summed E-state index contributed by atoms with van der Waals surface area (Å²) in [5.74, 6) is 1.89. The van der Waals surface area contributed by atoms with Crippen LogP contribution < -0.4 is 14.8 Å². The molecule has 1 amide bonds. The van der Waals surface area contributed by atoms with Crippen LogP contribution in [0.2, 0.25) is 0 Å². The molecule has 2 unspecified atom stereocenters. The zero-order valence-electron chi connectivity index (χ0n) is 22.3. The molecule has 2 aromatic carbocycles. The van der Waals surface area contributed by atoms with E-state index in [1.165, 1.54) is 31.2 Å². The molecule has 0 radical (unpaired) electrons. The van der Waals surface area contributed by atoms with Gasteiger partial charge in [0.15, 0.2) is 11.5 Å². The Morgan fingerprint density at radius 2 is 1.72 bits per heavy atom. The molecule has 2 heterocycles. The smallest absolute Gasteiger partial charge is 0.224 e. The number of hydrogen-bond acceptors (Lipinski definition) is 5. The van der Waals surface area contributed by atoms with Crippen molar-refractivity contribution in [3.63, 3.8) is 0 Å². The Balaban J connectivity index is 1.50. The highest BCUT2D eigenvalue weighted by atomic mass is 16.5. The van der Waals surface area contributed by atoms with Crippen molar-refractivity contribution >= 4 is 17.3 Å². The molecule has 2 aliphatic rings. The number of hydrogen-bond donors (Lipinski definition) is 1. The van der Waals surface area contributed by atoms with Gasteiger partial charge < -0.3 is 19.7 Å². The Kier molecular flexibility index (Phi) is 9.03. The lowest BCUT2D eigenvalue weighted by Crippen LogP contribution is -2.41. The molecule has 0 aliphatic carbocycles. The quantitative estimate of drug-likeness (QED) is 0.390. The molecule has 4 rings (SSSR count). The zero-order chi connectivity index (χ0) is 25.5. The minimum absolute atomic E-state index is 0.0876. The number of carbonyl (C=O) groups is 1. The first-order chi connectivity index (χ1) is 17.5. The molecule has 2 aliphatic heterocycles. The van der Waals surface area contributed by atoms with E-state index in [-0.39, 0.29) is 11.9 Å². The summed E-state index contributed by atoms with van der Waals surface area (Å²) in [7, 11) is 5.53. The Morgan fingerprint density at radius 1 is 1.03 bits per heavy atom. The van der Waals surface area contributed by atoms with Crippen LogP contribution in [0.4, 0.5) is 5.69 Å². The molecule has 2 aromatic rings. The number of methoxy groups -OCH3 is 2. The van der Waals surface area contributed by atoms with E-state index in [2.05, 4.69) is 48.5 Å². The van der Waals surface area contributed by atoms with E-state index in [1.807, 2.05) is 12.1 Å². The second kappa shape index (κ2) is 12.4. The molecule has 36 heavy (non-hydrogen) atoms. The van der Waals surface area contributed by atoms with Crippen molar-refractivity contribution in [3.05, 3.63) is 53.1 Å². The number of amides is 1. The third kappa shape index (κ3) is 6.09. The molecule has 194 valence electrons. The fourth-order valence-corrected chi connectivity index (χ4v) is 5.44. The molecule has 0 spiro atoms. The molecular weight excluding hydrogens is 450 g/mol. The Labute approximate surface area is 216 Å². The predicted molar refractivity (Wildman–Crippen MR) is 147 cm³/mol. The van der Waals surface area contributed by atoms with Gasteiger partial charge >= 0.3 is 0 Å². The summed E-state index contributed by atoms with van der Waals surface area (Å²) in [6.07, 6.45) is 8.69. The monoisotopic (exact) mass is 491 g/mol. The van der Waals surface area contributed by atoms with Crippen LogP contribution in [0.5, 0.6) is 11.5 Å². The highest BCUT2D eigenvalue weighted by Gasteiger charge is 2.36. The minimum Gasteiger partial charge on any atom is -0.493 e. The summed E-state index contributed by atoms with van der Waals surface area (Å²) in [5.41, 5.74) is 5.24. The molecule has 1 fully saturated rings. The van der Waals surface area contributed by atoms with Crippen LogP contribution in [-0.2, 0) is 4.79 Å². The van der Waals surface area contributed by atoms with E-state index >= 15 is 0 Å². The fraction of sp³-hybridized carbons (Fsp3) is 0.533. The largest absolute Gasteiger partial charge is 0.493 e. The Hall–Kier alpha value is -2.86. The lowest BCUT2D eigenvalue weighted by Gasteiger charge is -2.39. The molecule has 0 saturated carbocycles. The van der Waals surface area contributed by atoms with Crippen molar-refractivity contribution in [2.24, 2.45) is 4.99 Å². The molecule has 6 nitrogen and oxygen atoms in total. The average Bonchev–Trinajstić information content (AvgIpc) is 2.90. The summed E-state index contributed by atoms with van der Waals surface area (Å²) in [4.78, 5) is 20.0. The van der Waals surface area contributed by atoms with Crippen LogP contribution in [0.25, 0.3) is 0 Å². The second-order valence-corrected chi connectivity index (χ2v) is 10.1. The number of anilines is 1. The number of likely N-dealkylation sites (tertiary alicyclic amines) is 1. The normalized spacial score (nSPS) is 19.2. The highest BCUT2D eigenvalue weighted by Crippen LogP contribution is 2.42. The molecule has 6 heteroatoms. The summed E-state index contributed by atoms with van der Waals surface area (Å²) < 4.78 is 11.3. The van der Waals surface area contributed by atoms with Crippen LogP contribution >= 0.6 is 0 Å². The fourth-order valence-electron chi connectivity index (χ4n) is 5.44. The van der Waals surface area contributed by atoms with Crippen molar-refractivity contribution in [1.29, 1.82) is 0 Å². The number of nitrogens with one attached hydrogen (secondary N) is 1. The molecule has 0 bridgehead atoms. The van der Waals surface area contributed by atoms with Gasteiger partial charge in [0.2, 0.25) is 5.91 Å². The van der Waals surface area contributed by atoms with Gasteiger partial charge in [-0.15, -0.1) is 0 Å². The van der Waals surface area contributed by atoms with Gasteiger partial charge in [-0.1, -0.05) is 51.2 Å². The number of fused-ring (bicyclic) bond motifs is 3. The van der Waals surface area contributed by atoms with E-state index in [9.17, 15) is 4.79 Å². The van der Waals surface area contributed by atoms with Crippen LogP contribution in [-0.4, -0.2) is 56.9 Å². The SMILES string of the molecule is CCCCCCCCC(=O)Nc1ccc(C2=NC3CCN(C)CC3c3cc(OC)c(OC)cc32)cc1. The molecule has 1 N–H and O–H groups in total. The predicted octanol–water partition coefficient (Wildman–Crippen LogP) is 6.03. The summed E-state index contributed by atoms with van der Waals surface area (Å²) >= 11 is 0. The number of benzene rings is 2. The first kappa shape index (κ1) is 26.2. The summed E-state index contributed by atoms with van der Waals surface area (Å²) in [6.45, 7) is 4.25. The number of likely N-dealkylation sites (N-methyl/N-ethyl adjacent to an activating group) is 1. The van der Waals surface area contributed by atoms with E-state index in [4.69, 9.17) is 14.5 Å². The van der Waals surface area contributed by atoms with Crippen molar-refractivity contribution in [2.45, 2.75) is 70.3 Å². The molecule has 1 saturated heterocycles. The summed E-state index contributed by atoms with van der Waals surface area (Å²) in [6, 6.07) is 12.5. The van der Waals surface area contributed by atoms with Gasteiger partial charge in [-0.05, 0) is 56.3 Å². The maximum atomic E-state index is 12.4. The van der Waals surface area contributed by atoms with Gasteiger partial charge in [-0.3, -0.25) is 9.79 Å². The average molecular weight is 492 g/mol. The zero-order valence-corrected chi connectivity index (χ0v) is 22.3. The van der Waals surface area contributed by atoms with Gasteiger partial charge in [-0.2, -0.15) is 0 Å². The number of carbonyl (C=O) groups excluding carboxylic acids is 1. The Morgan fingerprint density at radius 3 is 2.44 bits per heavy atom.